The standard InChI is InChI=1S/C20H16BPS/c1-14-10-11-18(21)15(12-14)13-23-22-19-8-4-2-6-16(19)17-7-3-5-9-20(17)22/h2-12H,13H2,1H3. The number of rotatable bonds is 3. The van der Waals surface area contributed by atoms with Crippen molar-refractivity contribution in [3.63, 3.8) is 0 Å². The summed E-state index contributed by atoms with van der Waals surface area (Å²) in [5, 5.41) is 5.78. The van der Waals surface area contributed by atoms with E-state index in [9.17, 15) is 0 Å². The van der Waals surface area contributed by atoms with Gasteiger partial charge in [0.25, 0.3) is 0 Å². The van der Waals surface area contributed by atoms with Crippen LogP contribution < -0.4 is 5.46 Å². The van der Waals surface area contributed by atoms with Crippen molar-refractivity contribution < 1.29 is 0 Å². The highest BCUT2D eigenvalue weighted by atomic mass is 32.7. The van der Waals surface area contributed by atoms with Gasteiger partial charge in [-0.05, 0) is 42.1 Å². The Morgan fingerprint density at radius 1 is 0.870 bits per heavy atom. The van der Waals surface area contributed by atoms with Crippen LogP contribution in [0.1, 0.15) is 11.1 Å². The van der Waals surface area contributed by atoms with Gasteiger partial charge in [0.1, 0.15) is 7.85 Å². The minimum Gasteiger partial charge on any atom is -0.101 e. The summed E-state index contributed by atoms with van der Waals surface area (Å²) in [6.45, 7) is 1.76. The molecular formula is C20H16BPS. The Morgan fingerprint density at radius 3 is 2.13 bits per heavy atom. The van der Waals surface area contributed by atoms with Crippen LogP contribution >= 0.6 is 18.1 Å². The molecule has 0 unspecified atom stereocenters. The second-order valence-electron chi connectivity index (χ2n) is 5.80. The van der Waals surface area contributed by atoms with Gasteiger partial charge >= 0.3 is 0 Å². The normalized spacial score (nSPS) is 11.3. The van der Waals surface area contributed by atoms with Crippen LogP contribution in [-0.4, -0.2) is 7.85 Å². The molecule has 0 aliphatic carbocycles. The van der Waals surface area contributed by atoms with Crippen LogP contribution in [0.5, 0.6) is 0 Å². The maximum absolute atomic E-state index is 6.16. The molecule has 110 valence electrons. The van der Waals surface area contributed by atoms with Crippen LogP contribution in [0, 0.1) is 6.92 Å². The van der Waals surface area contributed by atoms with Crippen molar-refractivity contribution >= 4 is 52.4 Å². The maximum Gasteiger partial charge on any atom is 0.114 e. The number of hydrogen-bond acceptors (Lipinski definition) is 1. The lowest BCUT2D eigenvalue weighted by Gasteiger charge is -2.08. The Labute approximate surface area is 143 Å². The Morgan fingerprint density at radius 2 is 1.48 bits per heavy atom. The van der Waals surface area contributed by atoms with Gasteiger partial charge in [0.15, 0.2) is 0 Å². The molecule has 0 nitrogen and oxygen atoms in total. The summed E-state index contributed by atoms with van der Waals surface area (Å²) >= 11 is 2.03. The molecule has 0 atom stereocenters. The monoisotopic (exact) mass is 330 g/mol. The van der Waals surface area contributed by atoms with Crippen molar-refractivity contribution in [1.29, 1.82) is 0 Å². The quantitative estimate of drug-likeness (QED) is 0.429. The third kappa shape index (κ3) is 2.71. The lowest BCUT2D eigenvalue weighted by molar-refractivity contribution is 1.39. The van der Waals surface area contributed by atoms with Gasteiger partial charge in [0, 0.05) is 16.0 Å². The summed E-state index contributed by atoms with van der Waals surface area (Å²) in [4.78, 5) is 0. The van der Waals surface area contributed by atoms with Crippen LogP contribution in [0.15, 0.2) is 66.7 Å². The van der Waals surface area contributed by atoms with Gasteiger partial charge in [-0.2, -0.15) is 0 Å². The molecule has 23 heavy (non-hydrogen) atoms. The largest absolute Gasteiger partial charge is 0.114 e. The van der Waals surface area contributed by atoms with Crippen LogP contribution in [-0.2, 0) is 5.75 Å². The first kappa shape index (κ1) is 14.9. The van der Waals surface area contributed by atoms with Gasteiger partial charge in [0.05, 0.1) is 0 Å². The molecule has 0 amide bonds. The summed E-state index contributed by atoms with van der Waals surface area (Å²) in [7, 11) is 6.16. The molecule has 1 aromatic heterocycles. The molecule has 0 bridgehead atoms. The molecule has 0 fully saturated rings. The highest BCUT2D eigenvalue weighted by Gasteiger charge is 2.11. The molecule has 2 radical (unpaired) electrons. The molecule has 1 heterocycles. The van der Waals surface area contributed by atoms with E-state index in [1.807, 2.05) is 17.4 Å². The van der Waals surface area contributed by atoms with Crippen molar-refractivity contribution in [2.45, 2.75) is 12.7 Å². The van der Waals surface area contributed by atoms with Crippen molar-refractivity contribution in [2.75, 3.05) is 0 Å². The van der Waals surface area contributed by atoms with Crippen LogP contribution in [0.4, 0.5) is 0 Å². The van der Waals surface area contributed by atoms with Crippen molar-refractivity contribution in [3.05, 3.63) is 77.9 Å². The molecule has 4 rings (SSSR count). The second kappa shape index (κ2) is 6.11. The number of benzene rings is 3. The van der Waals surface area contributed by atoms with Gasteiger partial charge in [-0.25, -0.2) is 0 Å². The fourth-order valence-electron chi connectivity index (χ4n) is 3.02. The van der Waals surface area contributed by atoms with E-state index in [0.29, 0.717) is 0 Å². The Bertz CT molecular complexity index is 950. The Balaban J connectivity index is 1.80. The van der Waals surface area contributed by atoms with E-state index in [1.54, 1.807) is 0 Å². The first-order chi connectivity index (χ1) is 11.2. The lowest BCUT2D eigenvalue weighted by Crippen LogP contribution is -2.08. The Hall–Kier alpha value is -1.63. The molecule has 0 spiro atoms. The zero-order valence-corrected chi connectivity index (χ0v) is 14.7. The first-order valence-electron chi connectivity index (χ1n) is 7.70. The number of hydrogen-bond donors (Lipinski definition) is 0. The SMILES string of the molecule is [B]c1ccc(C)cc1CSp1c2ccccc2c2ccccc21. The van der Waals surface area contributed by atoms with Gasteiger partial charge in [-0.15, -0.1) is 11.4 Å². The zero-order chi connectivity index (χ0) is 15.8. The maximum atomic E-state index is 6.16. The average molecular weight is 330 g/mol. The highest BCUT2D eigenvalue weighted by Crippen LogP contribution is 2.57. The van der Waals surface area contributed by atoms with Crippen molar-refractivity contribution in [2.24, 2.45) is 0 Å². The zero-order valence-electron chi connectivity index (χ0n) is 13.0. The minimum atomic E-state index is -0.361. The van der Waals surface area contributed by atoms with E-state index < -0.39 is 0 Å². The molecule has 4 aromatic rings. The molecule has 0 aliphatic rings. The lowest BCUT2D eigenvalue weighted by atomic mass is 9.90. The van der Waals surface area contributed by atoms with Gasteiger partial charge in [-0.1, -0.05) is 65.6 Å². The van der Waals surface area contributed by atoms with E-state index >= 15 is 0 Å². The summed E-state index contributed by atoms with van der Waals surface area (Å²) in [5.41, 5.74) is 3.42. The highest BCUT2D eigenvalue weighted by molar-refractivity contribution is 8.55. The van der Waals surface area contributed by atoms with Gasteiger partial charge < -0.3 is 0 Å². The second-order valence-corrected chi connectivity index (χ2v) is 9.77. The smallest absolute Gasteiger partial charge is 0.101 e. The molecule has 3 aromatic carbocycles. The van der Waals surface area contributed by atoms with Gasteiger partial charge in [0.2, 0.25) is 0 Å². The van der Waals surface area contributed by atoms with Gasteiger partial charge in [-0.3, -0.25) is 0 Å². The predicted molar refractivity (Wildman–Crippen MR) is 107 cm³/mol. The predicted octanol–water partition coefficient (Wildman–Crippen LogP) is 5.78. The van der Waals surface area contributed by atoms with E-state index in [4.69, 9.17) is 7.85 Å². The molecule has 0 saturated carbocycles. The average Bonchev–Trinajstić information content (AvgIpc) is 2.90. The fraction of sp³-hybridized carbons (Fsp3) is 0.100. The van der Waals surface area contributed by atoms with Crippen LogP contribution in [0.2, 0.25) is 0 Å². The number of fused-ring (bicyclic) bond motifs is 3. The first-order valence-corrected chi connectivity index (χ1v) is 10.6. The topological polar surface area (TPSA) is 0 Å². The van der Waals surface area contributed by atoms with Crippen molar-refractivity contribution in [1.82, 2.24) is 0 Å². The third-order valence-corrected chi connectivity index (χ3v) is 8.88. The molecule has 0 N–H and O–H groups in total. The summed E-state index contributed by atoms with van der Waals surface area (Å²) in [6.07, 6.45) is 0. The molecule has 3 heteroatoms. The Kier molecular flexibility index (Phi) is 3.97. The fourth-order valence-corrected chi connectivity index (χ4v) is 7.94. The van der Waals surface area contributed by atoms with E-state index in [-0.39, 0.29) is 6.74 Å². The van der Waals surface area contributed by atoms with Crippen molar-refractivity contribution in [3.8, 4) is 0 Å². The summed E-state index contributed by atoms with van der Waals surface area (Å²) < 4.78 is 0. The summed E-state index contributed by atoms with van der Waals surface area (Å²) in [5.74, 6) is 0.960. The number of aryl methyl sites for hydroxylation is 1. The summed E-state index contributed by atoms with van der Waals surface area (Å²) in [6, 6.07) is 24.0. The van der Waals surface area contributed by atoms with E-state index in [2.05, 4.69) is 67.6 Å². The van der Waals surface area contributed by atoms with E-state index in [0.717, 1.165) is 11.2 Å². The molecular weight excluding hydrogens is 314 g/mol. The van der Waals surface area contributed by atoms with Crippen LogP contribution in [0.3, 0.4) is 0 Å². The molecule has 0 saturated heterocycles. The van der Waals surface area contributed by atoms with E-state index in [1.165, 1.54) is 32.1 Å². The minimum absolute atomic E-state index is 0.361. The third-order valence-electron chi connectivity index (χ3n) is 4.18. The molecule has 0 aliphatic heterocycles. The van der Waals surface area contributed by atoms with Crippen LogP contribution in [0.25, 0.3) is 21.0 Å².